The second-order valence-corrected chi connectivity index (χ2v) is 9.08. The van der Waals surface area contributed by atoms with Crippen molar-refractivity contribution < 1.29 is 14.3 Å². The molecule has 1 aliphatic carbocycles. The van der Waals surface area contributed by atoms with Gasteiger partial charge in [-0.25, -0.2) is 0 Å². The van der Waals surface area contributed by atoms with E-state index in [1.54, 1.807) is 4.90 Å². The third-order valence-corrected chi connectivity index (χ3v) is 6.57. The normalized spacial score (nSPS) is 18.3. The lowest BCUT2D eigenvalue weighted by atomic mass is 9.97. The number of halogens is 2. The summed E-state index contributed by atoms with van der Waals surface area (Å²) in [5, 5.41) is 8.78. The number of carbonyl (C=O) groups is 1. The lowest BCUT2D eigenvalue weighted by Crippen LogP contribution is -2.48. The van der Waals surface area contributed by atoms with Gasteiger partial charge in [-0.05, 0) is 62.3 Å². The minimum Gasteiger partial charge on any atom is -0.490 e. The Labute approximate surface area is 221 Å². The first-order chi connectivity index (χ1) is 16.2. The van der Waals surface area contributed by atoms with Crippen molar-refractivity contribution in [3.8, 4) is 16.9 Å². The molecule has 1 saturated heterocycles. The van der Waals surface area contributed by atoms with Gasteiger partial charge in [0.1, 0.15) is 5.75 Å². The smallest absolute Gasteiger partial charge is 0.274 e. The first-order valence-corrected chi connectivity index (χ1v) is 12.4. The topological polar surface area (TPSA) is 90.6 Å². The van der Waals surface area contributed by atoms with E-state index in [2.05, 4.69) is 29.3 Å². The van der Waals surface area contributed by atoms with Gasteiger partial charge in [0, 0.05) is 25.2 Å². The Morgan fingerprint density at radius 3 is 2.57 bits per heavy atom. The maximum absolute atomic E-state index is 13.2. The fourth-order valence-corrected chi connectivity index (χ4v) is 4.60. The summed E-state index contributed by atoms with van der Waals surface area (Å²) in [7, 11) is 0. The van der Waals surface area contributed by atoms with Gasteiger partial charge in [-0.1, -0.05) is 31.9 Å². The van der Waals surface area contributed by atoms with Gasteiger partial charge in [-0.15, -0.1) is 29.9 Å². The van der Waals surface area contributed by atoms with E-state index in [0.717, 1.165) is 54.7 Å². The van der Waals surface area contributed by atoms with Crippen LogP contribution < -0.4 is 10.5 Å². The molecule has 0 bridgehead atoms. The van der Waals surface area contributed by atoms with E-state index in [-0.39, 0.29) is 36.8 Å². The number of aryl methyl sites for hydroxylation is 1. The van der Waals surface area contributed by atoms with Crippen LogP contribution in [0.4, 0.5) is 0 Å². The maximum Gasteiger partial charge on any atom is 0.274 e. The third-order valence-electron chi connectivity index (χ3n) is 6.57. The van der Waals surface area contributed by atoms with Crippen molar-refractivity contribution >= 4 is 30.7 Å². The Balaban J connectivity index is 0.00000216. The van der Waals surface area contributed by atoms with Crippen LogP contribution in [0.2, 0.25) is 0 Å². The number of amides is 1. The number of benzene rings is 1. The first kappa shape index (κ1) is 29.3. The van der Waals surface area contributed by atoms with Crippen molar-refractivity contribution in [3.63, 3.8) is 0 Å². The zero-order valence-corrected chi connectivity index (χ0v) is 22.1. The summed E-state index contributed by atoms with van der Waals surface area (Å²) in [6.07, 6.45) is 9.20. The van der Waals surface area contributed by atoms with Crippen molar-refractivity contribution in [1.82, 2.24) is 15.1 Å². The number of nitrogens with zero attached hydrogens (tertiary/aromatic N) is 3. The van der Waals surface area contributed by atoms with Gasteiger partial charge in [0.05, 0.1) is 24.5 Å². The Morgan fingerprint density at radius 2 is 1.89 bits per heavy atom. The molecule has 1 amide bonds. The molecule has 2 aliphatic rings. The van der Waals surface area contributed by atoms with Gasteiger partial charge >= 0.3 is 0 Å². The molecule has 2 N–H and O–H groups in total. The highest BCUT2D eigenvalue weighted by Gasteiger charge is 2.26. The minimum atomic E-state index is -0.129. The highest BCUT2D eigenvalue weighted by Crippen LogP contribution is 2.29. The number of morpholine rings is 1. The molecule has 9 heteroatoms. The Morgan fingerprint density at radius 1 is 1.14 bits per heavy atom. The molecule has 2 aromatic rings. The van der Waals surface area contributed by atoms with Gasteiger partial charge in [0.15, 0.2) is 5.69 Å². The van der Waals surface area contributed by atoms with E-state index < -0.39 is 0 Å². The zero-order valence-electron chi connectivity index (χ0n) is 20.5. The molecule has 35 heavy (non-hydrogen) atoms. The van der Waals surface area contributed by atoms with Crippen molar-refractivity contribution in [3.05, 3.63) is 41.7 Å². The van der Waals surface area contributed by atoms with Crippen molar-refractivity contribution in [2.75, 3.05) is 26.2 Å². The summed E-state index contributed by atoms with van der Waals surface area (Å²) in [5.74, 6) is 0.782. The standard InChI is InChI=1S/C26H36N4O3.2ClH/c1-2-3-9-24-23(19-10-12-21(13-11-19)33-20-7-5-4-6-8-20)16-25(29-28-24)26(31)30-14-15-32-22(17-27)18-30;;/h10-13,16,20,22H,2-9,14-15,17-18,27H2,1H3;2*1H/t22-;;/m0../s1. The van der Waals surface area contributed by atoms with E-state index in [1.165, 1.54) is 19.3 Å². The molecule has 1 aromatic carbocycles. The predicted octanol–water partition coefficient (Wildman–Crippen LogP) is 4.84. The van der Waals surface area contributed by atoms with E-state index in [4.69, 9.17) is 15.2 Å². The molecule has 1 atom stereocenters. The van der Waals surface area contributed by atoms with Gasteiger partial charge < -0.3 is 20.1 Å². The molecule has 1 aromatic heterocycles. The number of unbranched alkanes of at least 4 members (excludes halogenated alkanes) is 1. The second kappa shape index (κ2) is 14.6. The molecule has 1 aliphatic heterocycles. The average molecular weight is 526 g/mol. The Bertz CT molecular complexity index is 923. The number of ether oxygens (including phenoxy) is 2. The van der Waals surface area contributed by atoms with Crippen molar-refractivity contribution in [1.29, 1.82) is 0 Å². The lowest BCUT2D eigenvalue weighted by Gasteiger charge is -2.32. The summed E-state index contributed by atoms with van der Waals surface area (Å²) >= 11 is 0. The molecule has 1 saturated carbocycles. The second-order valence-electron chi connectivity index (χ2n) is 9.08. The number of hydrogen-bond donors (Lipinski definition) is 1. The van der Waals surface area contributed by atoms with Crippen LogP contribution in [0.5, 0.6) is 5.75 Å². The monoisotopic (exact) mass is 524 g/mol. The number of nitrogens with two attached hydrogens (primary N) is 1. The minimum absolute atomic E-state index is 0. The van der Waals surface area contributed by atoms with Crippen LogP contribution in [0.15, 0.2) is 30.3 Å². The fourth-order valence-electron chi connectivity index (χ4n) is 4.60. The van der Waals surface area contributed by atoms with Crippen LogP contribution in [0.1, 0.15) is 68.1 Å². The first-order valence-electron chi connectivity index (χ1n) is 12.4. The van der Waals surface area contributed by atoms with Crippen molar-refractivity contribution in [2.45, 2.75) is 70.5 Å². The fraction of sp³-hybridized carbons (Fsp3) is 0.577. The van der Waals surface area contributed by atoms with Gasteiger partial charge in [-0.2, -0.15) is 5.10 Å². The molecular weight excluding hydrogens is 487 g/mol. The Kier molecular flexibility index (Phi) is 12.2. The lowest BCUT2D eigenvalue weighted by molar-refractivity contribution is -0.0169. The number of hydrogen-bond acceptors (Lipinski definition) is 6. The molecule has 0 unspecified atom stereocenters. The van der Waals surface area contributed by atoms with Crippen LogP contribution in [-0.4, -0.2) is 59.5 Å². The molecule has 7 nitrogen and oxygen atoms in total. The molecular formula is C26H38Cl2N4O3. The molecule has 4 rings (SSSR count). The summed E-state index contributed by atoms with van der Waals surface area (Å²) in [5.41, 5.74) is 9.03. The van der Waals surface area contributed by atoms with E-state index in [9.17, 15) is 4.79 Å². The number of rotatable bonds is 8. The molecule has 0 radical (unpaired) electrons. The molecule has 0 spiro atoms. The number of carbonyl (C=O) groups excluding carboxylic acids is 1. The van der Waals surface area contributed by atoms with Crippen LogP contribution >= 0.6 is 24.8 Å². The zero-order chi connectivity index (χ0) is 23.0. The summed E-state index contributed by atoms with van der Waals surface area (Å²) in [4.78, 5) is 14.9. The Hall–Kier alpha value is -1.93. The van der Waals surface area contributed by atoms with Crippen LogP contribution in [0.3, 0.4) is 0 Å². The molecule has 194 valence electrons. The van der Waals surface area contributed by atoms with Gasteiger partial charge in [0.25, 0.3) is 5.91 Å². The average Bonchev–Trinajstić information content (AvgIpc) is 2.88. The van der Waals surface area contributed by atoms with Crippen LogP contribution in [-0.2, 0) is 11.2 Å². The third kappa shape index (κ3) is 7.78. The highest BCUT2D eigenvalue weighted by molar-refractivity contribution is 5.93. The highest BCUT2D eigenvalue weighted by atomic mass is 35.5. The van der Waals surface area contributed by atoms with E-state index in [1.807, 2.05) is 18.2 Å². The van der Waals surface area contributed by atoms with E-state index in [0.29, 0.717) is 38.0 Å². The van der Waals surface area contributed by atoms with Crippen molar-refractivity contribution in [2.24, 2.45) is 5.73 Å². The largest absolute Gasteiger partial charge is 0.490 e. The molecule has 2 heterocycles. The summed E-state index contributed by atoms with van der Waals surface area (Å²) < 4.78 is 11.8. The van der Waals surface area contributed by atoms with Crippen LogP contribution in [0, 0.1) is 0 Å². The summed E-state index contributed by atoms with van der Waals surface area (Å²) in [6, 6.07) is 10.1. The number of aromatic nitrogens is 2. The molecule has 2 fully saturated rings. The quantitative estimate of drug-likeness (QED) is 0.531. The van der Waals surface area contributed by atoms with Gasteiger partial charge in [-0.3, -0.25) is 4.79 Å². The van der Waals surface area contributed by atoms with Crippen LogP contribution in [0.25, 0.3) is 11.1 Å². The summed E-state index contributed by atoms with van der Waals surface area (Å²) in [6.45, 7) is 4.07. The van der Waals surface area contributed by atoms with Gasteiger partial charge in [0.2, 0.25) is 0 Å². The SMILES string of the molecule is CCCCc1nnc(C(=O)N2CCO[C@@H](CN)C2)cc1-c1ccc(OC2CCCCC2)cc1.Cl.Cl. The van der Waals surface area contributed by atoms with E-state index >= 15 is 0 Å². The maximum atomic E-state index is 13.2. The predicted molar refractivity (Wildman–Crippen MR) is 143 cm³/mol.